The highest BCUT2D eigenvalue weighted by molar-refractivity contribution is 4.86. The highest BCUT2D eigenvalue weighted by Gasteiger charge is 2.26. The van der Waals surface area contributed by atoms with Gasteiger partial charge in [-0.05, 0) is 45.1 Å². The lowest BCUT2D eigenvalue weighted by Crippen LogP contribution is -2.56. The van der Waals surface area contributed by atoms with Crippen LogP contribution in [0.1, 0.15) is 65.2 Å². The number of hydrogen-bond acceptors (Lipinski definition) is 3. The van der Waals surface area contributed by atoms with Gasteiger partial charge < -0.3 is 10.1 Å². The molecule has 0 radical (unpaired) electrons. The van der Waals surface area contributed by atoms with E-state index in [1.54, 1.807) is 0 Å². The first-order chi connectivity index (χ1) is 9.83. The zero-order chi connectivity index (χ0) is 14.2. The Labute approximate surface area is 125 Å². The minimum atomic E-state index is 0.564. The van der Waals surface area contributed by atoms with Crippen LogP contribution in [-0.4, -0.2) is 49.3 Å². The second kappa shape index (κ2) is 9.01. The van der Waals surface area contributed by atoms with Gasteiger partial charge in [-0.1, -0.05) is 26.7 Å². The number of rotatable bonds is 8. The SMILES string of the molecule is CCCC1CN(CCCC2CCCO2)C(CCC)CN1. The van der Waals surface area contributed by atoms with Crippen LogP contribution in [0.25, 0.3) is 0 Å². The van der Waals surface area contributed by atoms with E-state index in [0.717, 1.165) is 18.7 Å². The van der Waals surface area contributed by atoms with Crippen molar-refractivity contribution in [2.24, 2.45) is 0 Å². The van der Waals surface area contributed by atoms with E-state index in [1.165, 1.54) is 71.0 Å². The van der Waals surface area contributed by atoms with Crippen molar-refractivity contribution in [3.05, 3.63) is 0 Å². The molecule has 0 bridgehead atoms. The summed E-state index contributed by atoms with van der Waals surface area (Å²) < 4.78 is 5.75. The fourth-order valence-electron chi connectivity index (χ4n) is 3.76. The highest BCUT2D eigenvalue weighted by atomic mass is 16.5. The highest BCUT2D eigenvalue weighted by Crippen LogP contribution is 2.19. The summed E-state index contributed by atoms with van der Waals surface area (Å²) in [7, 11) is 0. The molecule has 2 aliphatic rings. The van der Waals surface area contributed by atoms with Gasteiger partial charge in [0.2, 0.25) is 0 Å². The van der Waals surface area contributed by atoms with Crippen LogP contribution < -0.4 is 5.32 Å². The van der Waals surface area contributed by atoms with E-state index >= 15 is 0 Å². The van der Waals surface area contributed by atoms with E-state index in [-0.39, 0.29) is 0 Å². The molecule has 3 unspecified atom stereocenters. The Kier molecular flexibility index (Phi) is 7.32. The minimum absolute atomic E-state index is 0.564. The van der Waals surface area contributed by atoms with Gasteiger partial charge in [-0.25, -0.2) is 0 Å². The molecule has 2 heterocycles. The Hall–Kier alpha value is -0.120. The number of nitrogens with zero attached hydrogens (tertiary/aromatic N) is 1. The van der Waals surface area contributed by atoms with Gasteiger partial charge in [0.25, 0.3) is 0 Å². The van der Waals surface area contributed by atoms with Crippen LogP contribution in [0.4, 0.5) is 0 Å². The molecule has 3 nitrogen and oxygen atoms in total. The van der Waals surface area contributed by atoms with Gasteiger partial charge in [-0.2, -0.15) is 0 Å². The fraction of sp³-hybridized carbons (Fsp3) is 1.00. The molecular weight excluding hydrogens is 248 g/mol. The van der Waals surface area contributed by atoms with E-state index in [9.17, 15) is 0 Å². The molecule has 3 heteroatoms. The second-order valence-electron chi connectivity index (χ2n) is 6.61. The van der Waals surface area contributed by atoms with Crippen molar-refractivity contribution in [2.45, 2.75) is 83.4 Å². The molecule has 0 spiro atoms. The summed E-state index contributed by atoms with van der Waals surface area (Å²) in [5.41, 5.74) is 0. The van der Waals surface area contributed by atoms with Crippen molar-refractivity contribution in [3.63, 3.8) is 0 Å². The van der Waals surface area contributed by atoms with Crippen molar-refractivity contribution < 1.29 is 4.74 Å². The van der Waals surface area contributed by atoms with Crippen molar-refractivity contribution >= 4 is 0 Å². The monoisotopic (exact) mass is 282 g/mol. The Morgan fingerprint density at radius 3 is 2.70 bits per heavy atom. The van der Waals surface area contributed by atoms with Gasteiger partial charge in [0.05, 0.1) is 6.10 Å². The molecule has 0 saturated carbocycles. The lowest BCUT2D eigenvalue weighted by Gasteiger charge is -2.40. The smallest absolute Gasteiger partial charge is 0.0576 e. The molecule has 1 N–H and O–H groups in total. The quantitative estimate of drug-likeness (QED) is 0.740. The number of ether oxygens (including phenoxy) is 1. The third kappa shape index (κ3) is 5.01. The average Bonchev–Trinajstić information content (AvgIpc) is 2.95. The predicted octanol–water partition coefficient (Wildman–Crippen LogP) is 3.19. The summed E-state index contributed by atoms with van der Waals surface area (Å²) in [6.07, 6.45) is 11.0. The maximum absolute atomic E-state index is 5.75. The molecule has 0 aromatic rings. The van der Waals surface area contributed by atoms with Gasteiger partial charge in [0, 0.05) is 31.8 Å². The van der Waals surface area contributed by atoms with Crippen LogP contribution >= 0.6 is 0 Å². The second-order valence-corrected chi connectivity index (χ2v) is 6.61. The third-order valence-corrected chi connectivity index (χ3v) is 4.87. The topological polar surface area (TPSA) is 24.5 Å². The first-order valence-corrected chi connectivity index (χ1v) is 8.92. The fourth-order valence-corrected chi connectivity index (χ4v) is 3.76. The van der Waals surface area contributed by atoms with Gasteiger partial charge >= 0.3 is 0 Å². The van der Waals surface area contributed by atoms with Gasteiger partial charge in [-0.15, -0.1) is 0 Å². The van der Waals surface area contributed by atoms with Gasteiger partial charge in [0.15, 0.2) is 0 Å². The maximum atomic E-state index is 5.75. The summed E-state index contributed by atoms with van der Waals surface area (Å²) in [6.45, 7) is 9.31. The summed E-state index contributed by atoms with van der Waals surface area (Å²) in [5, 5.41) is 3.75. The first kappa shape index (κ1) is 16.3. The Balaban J connectivity index is 1.73. The summed E-state index contributed by atoms with van der Waals surface area (Å²) >= 11 is 0. The molecule has 20 heavy (non-hydrogen) atoms. The van der Waals surface area contributed by atoms with Crippen LogP contribution in [0.15, 0.2) is 0 Å². The first-order valence-electron chi connectivity index (χ1n) is 8.92. The lowest BCUT2D eigenvalue weighted by atomic mass is 10.0. The van der Waals surface area contributed by atoms with Crippen LogP contribution in [-0.2, 0) is 4.74 Å². The van der Waals surface area contributed by atoms with Crippen LogP contribution in [0.2, 0.25) is 0 Å². The van der Waals surface area contributed by atoms with Crippen molar-refractivity contribution in [1.29, 1.82) is 0 Å². The van der Waals surface area contributed by atoms with E-state index in [1.807, 2.05) is 0 Å². The Bertz CT molecular complexity index is 253. The van der Waals surface area contributed by atoms with Crippen molar-refractivity contribution in [3.8, 4) is 0 Å². The molecule has 3 atom stereocenters. The molecule has 2 saturated heterocycles. The molecule has 2 fully saturated rings. The maximum Gasteiger partial charge on any atom is 0.0576 e. The van der Waals surface area contributed by atoms with E-state index in [4.69, 9.17) is 4.74 Å². The van der Waals surface area contributed by atoms with E-state index < -0.39 is 0 Å². The number of piperazine rings is 1. The summed E-state index contributed by atoms with van der Waals surface area (Å²) in [6, 6.07) is 1.48. The molecule has 2 rings (SSSR count). The predicted molar refractivity (Wildman–Crippen MR) is 85.2 cm³/mol. The van der Waals surface area contributed by atoms with Gasteiger partial charge in [0.1, 0.15) is 0 Å². The Morgan fingerprint density at radius 1 is 1.15 bits per heavy atom. The standard InChI is InChI=1S/C17H34N2O/c1-3-7-15-14-19(16(8-4-2)13-18-15)11-5-9-17-10-6-12-20-17/h15-18H,3-14H2,1-2H3. The minimum Gasteiger partial charge on any atom is -0.378 e. The summed E-state index contributed by atoms with van der Waals surface area (Å²) in [4.78, 5) is 2.76. The molecule has 0 amide bonds. The van der Waals surface area contributed by atoms with Crippen LogP contribution in [0, 0.1) is 0 Å². The molecule has 0 aromatic carbocycles. The van der Waals surface area contributed by atoms with E-state index in [0.29, 0.717) is 6.10 Å². The van der Waals surface area contributed by atoms with Crippen molar-refractivity contribution in [1.82, 2.24) is 10.2 Å². The van der Waals surface area contributed by atoms with Crippen LogP contribution in [0.5, 0.6) is 0 Å². The molecule has 0 aliphatic carbocycles. The van der Waals surface area contributed by atoms with Crippen molar-refractivity contribution in [2.75, 3.05) is 26.2 Å². The number of hydrogen-bond donors (Lipinski definition) is 1. The number of nitrogens with one attached hydrogen (secondary N) is 1. The normalized spacial score (nSPS) is 31.8. The average molecular weight is 282 g/mol. The zero-order valence-electron chi connectivity index (χ0n) is 13.6. The third-order valence-electron chi connectivity index (χ3n) is 4.87. The Morgan fingerprint density at radius 2 is 2.00 bits per heavy atom. The molecule has 0 aromatic heterocycles. The largest absolute Gasteiger partial charge is 0.378 e. The molecule has 2 aliphatic heterocycles. The summed E-state index contributed by atoms with van der Waals surface area (Å²) in [5.74, 6) is 0. The lowest BCUT2D eigenvalue weighted by molar-refractivity contribution is 0.0851. The molecule has 118 valence electrons. The van der Waals surface area contributed by atoms with Gasteiger partial charge in [-0.3, -0.25) is 4.90 Å². The molecular formula is C17H34N2O. The zero-order valence-corrected chi connectivity index (χ0v) is 13.6. The van der Waals surface area contributed by atoms with E-state index in [2.05, 4.69) is 24.1 Å². The van der Waals surface area contributed by atoms with Crippen LogP contribution in [0.3, 0.4) is 0 Å².